The standard InChI is InChI=1S/C17H14FN5O2S/c18-10-1-2-12-9(5-10)3-4-23(12)14-13-16(20-8-19-14)26-17(22-13)15(24)21-11-6-25-7-11/h1-2,5,8,11H,3-4,6-7H2,(H,21,24). The zero-order valence-corrected chi connectivity index (χ0v) is 14.4. The number of fused-ring (bicyclic) bond motifs is 2. The first-order valence-electron chi connectivity index (χ1n) is 8.25. The summed E-state index contributed by atoms with van der Waals surface area (Å²) in [4.78, 5) is 28.1. The predicted molar refractivity (Wildman–Crippen MR) is 94.4 cm³/mol. The average molecular weight is 371 g/mol. The number of nitrogens with one attached hydrogen (secondary N) is 1. The van der Waals surface area contributed by atoms with Crippen molar-refractivity contribution in [2.45, 2.75) is 12.5 Å². The highest BCUT2D eigenvalue weighted by Gasteiger charge is 2.27. The van der Waals surface area contributed by atoms with Crippen LogP contribution in [0.4, 0.5) is 15.9 Å². The molecule has 1 fully saturated rings. The minimum absolute atomic E-state index is 0.0421. The van der Waals surface area contributed by atoms with Crippen LogP contribution in [0, 0.1) is 5.82 Å². The van der Waals surface area contributed by atoms with Crippen molar-refractivity contribution in [2.75, 3.05) is 24.7 Å². The minimum Gasteiger partial charge on any atom is -0.377 e. The van der Waals surface area contributed by atoms with Crippen LogP contribution in [0.1, 0.15) is 15.4 Å². The average Bonchev–Trinajstić information content (AvgIpc) is 3.21. The van der Waals surface area contributed by atoms with Gasteiger partial charge in [0, 0.05) is 12.2 Å². The molecule has 9 heteroatoms. The number of thiazole rings is 1. The number of anilines is 2. The summed E-state index contributed by atoms with van der Waals surface area (Å²) in [5, 5.41) is 3.24. The Balaban J connectivity index is 1.52. The summed E-state index contributed by atoms with van der Waals surface area (Å²) in [5.74, 6) is 0.171. The molecule has 26 heavy (non-hydrogen) atoms. The molecule has 0 radical (unpaired) electrons. The van der Waals surface area contributed by atoms with E-state index in [-0.39, 0.29) is 17.8 Å². The Morgan fingerprint density at radius 3 is 3.04 bits per heavy atom. The Morgan fingerprint density at radius 2 is 2.23 bits per heavy atom. The van der Waals surface area contributed by atoms with Gasteiger partial charge in [0.1, 0.15) is 22.5 Å². The first kappa shape index (κ1) is 15.6. The fraction of sp³-hybridized carbons (Fsp3) is 0.294. The van der Waals surface area contributed by atoms with Crippen LogP contribution < -0.4 is 10.2 Å². The van der Waals surface area contributed by atoms with Gasteiger partial charge in [0.05, 0.1) is 19.3 Å². The number of aromatic nitrogens is 3. The molecule has 0 aliphatic carbocycles. The number of benzene rings is 1. The van der Waals surface area contributed by atoms with E-state index >= 15 is 0 Å². The maximum atomic E-state index is 13.5. The van der Waals surface area contributed by atoms with Gasteiger partial charge in [-0.15, -0.1) is 0 Å². The lowest BCUT2D eigenvalue weighted by Crippen LogP contribution is -2.48. The van der Waals surface area contributed by atoms with Crippen molar-refractivity contribution in [1.29, 1.82) is 0 Å². The van der Waals surface area contributed by atoms with Crippen LogP contribution in [0.25, 0.3) is 10.3 Å². The number of amides is 1. The molecule has 2 aliphatic heterocycles. The Hall–Kier alpha value is -2.65. The molecular formula is C17H14FN5O2S. The van der Waals surface area contributed by atoms with Gasteiger partial charge < -0.3 is 15.0 Å². The van der Waals surface area contributed by atoms with Crippen molar-refractivity contribution in [2.24, 2.45) is 0 Å². The second-order valence-electron chi connectivity index (χ2n) is 6.25. The summed E-state index contributed by atoms with van der Waals surface area (Å²) in [6, 6.07) is 4.78. The second-order valence-corrected chi connectivity index (χ2v) is 7.23. The first-order valence-corrected chi connectivity index (χ1v) is 9.07. The Bertz CT molecular complexity index is 1020. The van der Waals surface area contributed by atoms with E-state index in [1.807, 2.05) is 4.90 Å². The third-order valence-corrected chi connectivity index (χ3v) is 5.50. The van der Waals surface area contributed by atoms with Gasteiger partial charge in [-0.2, -0.15) is 0 Å². The quantitative estimate of drug-likeness (QED) is 0.759. The van der Waals surface area contributed by atoms with E-state index in [1.54, 1.807) is 12.1 Å². The molecule has 0 bridgehead atoms. The SMILES string of the molecule is O=C(NC1COC1)c1nc2c(N3CCc4cc(F)ccc43)ncnc2s1. The molecule has 7 nitrogen and oxygen atoms in total. The molecule has 5 rings (SSSR count). The van der Waals surface area contributed by atoms with Crippen LogP contribution in [-0.2, 0) is 11.2 Å². The molecule has 1 N–H and O–H groups in total. The summed E-state index contributed by atoms with van der Waals surface area (Å²) >= 11 is 1.24. The van der Waals surface area contributed by atoms with Crippen molar-refractivity contribution in [3.05, 3.63) is 40.9 Å². The normalized spacial score (nSPS) is 16.6. The largest absolute Gasteiger partial charge is 0.377 e. The second kappa shape index (κ2) is 5.96. The summed E-state index contributed by atoms with van der Waals surface area (Å²) in [7, 11) is 0. The maximum Gasteiger partial charge on any atom is 0.280 e. The molecule has 1 amide bonds. The van der Waals surface area contributed by atoms with Gasteiger partial charge in [0.15, 0.2) is 10.8 Å². The van der Waals surface area contributed by atoms with E-state index in [2.05, 4.69) is 20.3 Å². The zero-order chi connectivity index (χ0) is 17.7. The predicted octanol–water partition coefficient (Wildman–Crippen LogP) is 2.05. The van der Waals surface area contributed by atoms with Crippen molar-refractivity contribution in [3.63, 3.8) is 0 Å². The van der Waals surface area contributed by atoms with E-state index < -0.39 is 0 Å². The van der Waals surface area contributed by atoms with Gasteiger partial charge in [-0.3, -0.25) is 4.79 Å². The van der Waals surface area contributed by atoms with E-state index in [9.17, 15) is 9.18 Å². The molecule has 132 valence electrons. The van der Waals surface area contributed by atoms with Crippen molar-refractivity contribution in [1.82, 2.24) is 20.3 Å². The Kier molecular flexibility index (Phi) is 3.57. The number of hydrogen-bond donors (Lipinski definition) is 1. The molecule has 0 unspecified atom stereocenters. The van der Waals surface area contributed by atoms with Crippen molar-refractivity contribution in [3.8, 4) is 0 Å². The number of ether oxygens (including phenoxy) is 1. The Morgan fingerprint density at radius 1 is 1.35 bits per heavy atom. The minimum atomic E-state index is -0.244. The lowest BCUT2D eigenvalue weighted by molar-refractivity contribution is -0.00346. The van der Waals surface area contributed by atoms with E-state index in [0.29, 0.717) is 40.9 Å². The molecule has 1 aromatic carbocycles. The highest BCUT2D eigenvalue weighted by Crippen LogP contribution is 2.37. The van der Waals surface area contributed by atoms with E-state index in [4.69, 9.17) is 4.74 Å². The van der Waals surface area contributed by atoms with Crippen LogP contribution in [0.3, 0.4) is 0 Å². The van der Waals surface area contributed by atoms with Crippen LogP contribution >= 0.6 is 11.3 Å². The molecule has 0 atom stereocenters. The lowest BCUT2D eigenvalue weighted by Gasteiger charge is -2.26. The molecule has 2 aromatic heterocycles. The van der Waals surface area contributed by atoms with Crippen LogP contribution in [0.2, 0.25) is 0 Å². The van der Waals surface area contributed by atoms with Gasteiger partial charge in [0.2, 0.25) is 0 Å². The smallest absolute Gasteiger partial charge is 0.280 e. The topological polar surface area (TPSA) is 80.2 Å². The molecule has 2 aliphatic rings. The summed E-state index contributed by atoms with van der Waals surface area (Å²) in [6.45, 7) is 1.75. The molecule has 0 saturated carbocycles. The lowest BCUT2D eigenvalue weighted by atomic mass is 10.2. The third-order valence-electron chi connectivity index (χ3n) is 4.54. The number of carbonyl (C=O) groups excluding carboxylic acids is 1. The fourth-order valence-electron chi connectivity index (χ4n) is 3.19. The van der Waals surface area contributed by atoms with Crippen molar-refractivity contribution >= 4 is 39.1 Å². The van der Waals surface area contributed by atoms with Gasteiger partial charge in [-0.25, -0.2) is 19.3 Å². The first-order chi connectivity index (χ1) is 12.7. The van der Waals surface area contributed by atoms with Crippen LogP contribution in [0.15, 0.2) is 24.5 Å². The number of rotatable bonds is 3. The zero-order valence-electron chi connectivity index (χ0n) is 13.6. The van der Waals surface area contributed by atoms with Gasteiger partial charge in [-0.05, 0) is 30.2 Å². The monoisotopic (exact) mass is 371 g/mol. The van der Waals surface area contributed by atoms with Crippen LogP contribution in [-0.4, -0.2) is 46.7 Å². The number of halogens is 1. The molecule has 1 saturated heterocycles. The number of hydrogen-bond acceptors (Lipinski definition) is 7. The molecule has 4 heterocycles. The Labute approximate surface area is 151 Å². The van der Waals surface area contributed by atoms with Gasteiger partial charge >= 0.3 is 0 Å². The number of carbonyl (C=O) groups is 1. The van der Waals surface area contributed by atoms with Crippen molar-refractivity contribution < 1.29 is 13.9 Å². The highest BCUT2D eigenvalue weighted by atomic mass is 32.1. The van der Waals surface area contributed by atoms with Gasteiger partial charge in [-0.1, -0.05) is 11.3 Å². The summed E-state index contributed by atoms with van der Waals surface area (Å²) in [5.41, 5.74) is 2.44. The molecule has 0 spiro atoms. The van der Waals surface area contributed by atoms with Crippen LogP contribution in [0.5, 0.6) is 0 Å². The summed E-state index contributed by atoms with van der Waals surface area (Å²) in [6.07, 6.45) is 2.20. The maximum absolute atomic E-state index is 13.5. The van der Waals surface area contributed by atoms with E-state index in [1.165, 1.54) is 23.7 Å². The molecule has 3 aromatic rings. The highest BCUT2D eigenvalue weighted by molar-refractivity contribution is 7.19. The van der Waals surface area contributed by atoms with Gasteiger partial charge in [0.25, 0.3) is 5.91 Å². The molecular weight excluding hydrogens is 357 g/mol. The van der Waals surface area contributed by atoms with E-state index in [0.717, 1.165) is 17.7 Å². The summed E-state index contributed by atoms with van der Waals surface area (Å²) < 4.78 is 18.5. The fourth-order valence-corrected chi connectivity index (χ4v) is 4.00. The number of nitrogens with zero attached hydrogens (tertiary/aromatic N) is 4. The third kappa shape index (κ3) is 2.51.